The molecule has 3 saturated heterocycles. The number of carboxylic acid groups (broad SMARTS) is 1. The SMILES string of the molecule is N[C@H]1[C@H](OC2[C@@H](CO)O[C@@H](O)[C@H](N)[C@H]2O)O[C@H](CO)C(O[C@@H]2O[C@H](CO)[C@H](O)[C@@](O)(C(=O)O)[C@H]2N)[C@@H]1O. The maximum atomic E-state index is 11.7. The number of rotatable bonds is 8. The van der Waals surface area contributed by atoms with E-state index in [2.05, 4.69) is 0 Å². The van der Waals surface area contributed by atoms with Crippen LogP contribution in [0.4, 0.5) is 0 Å². The molecule has 15 atom stereocenters. The van der Waals surface area contributed by atoms with Gasteiger partial charge in [0.1, 0.15) is 48.8 Å². The van der Waals surface area contributed by atoms with Gasteiger partial charge in [-0.15, -0.1) is 0 Å². The van der Waals surface area contributed by atoms with E-state index in [0.29, 0.717) is 0 Å². The molecule has 3 aliphatic rings. The molecule has 0 aliphatic carbocycles. The molecule has 0 aromatic rings. The largest absolute Gasteiger partial charge is 0.479 e. The first-order valence-corrected chi connectivity index (χ1v) is 11.4. The lowest BCUT2D eigenvalue weighted by Gasteiger charge is -2.50. The Morgan fingerprint density at radius 3 is 1.73 bits per heavy atom. The Hall–Kier alpha value is -1.17. The van der Waals surface area contributed by atoms with Crippen LogP contribution in [0, 0.1) is 0 Å². The molecule has 37 heavy (non-hydrogen) atoms. The molecule has 0 bridgehead atoms. The van der Waals surface area contributed by atoms with Gasteiger partial charge in [0.15, 0.2) is 18.9 Å². The Labute approximate surface area is 209 Å². The number of carboxylic acids is 1. The molecule has 3 fully saturated rings. The molecule has 3 aliphatic heterocycles. The van der Waals surface area contributed by atoms with Gasteiger partial charge in [0.2, 0.25) is 5.60 Å². The zero-order chi connectivity index (χ0) is 27.8. The number of ether oxygens (including phenoxy) is 5. The van der Waals surface area contributed by atoms with Crippen LogP contribution in [-0.2, 0) is 28.5 Å². The van der Waals surface area contributed by atoms with Gasteiger partial charge in [0.25, 0.3) is 0 Å². The molecule has 3 rings (SSSR count). The van der Waals surface area contributed by atoms with Crippen molar-refractivity contribution in [1.29, 1.82) is 0 Å². The summed E-state index contributed by atoms with van der Waals surface area (Å²) in [5, 5.41) is 90.0. The lowest BCUT2D eigenvalue weighted by atomic mass is 9.82. The van der Waals surface area contributed by atoms with Crippen molar-refractivity contribution in [2.45, 2.75) is 91.4 Å². The molecule has 18 heteroatoms. The zero-order valence-corrected chi connectivity index (χ0v) is 19.4. The standard InChI is InChI=1S/C19H35N3O15/c20-7-9(26)11(4(1-23)33-15(7)29)36-16-8(21)10(27)12(5(2-24)34-16)37-17-13(22)19(32,18(30)31)14(28)6(3-25)35-17/h4-17,23-29,32H,1-3,20-22H2,(H,30,31)/t4-,5-,6-,7-,8-,9-,10-,11?,12?,13+,14+,15-,16+,17+,19-/m1/s1. The molecule has 2 unspecified atom stereocenters. The lowest BCUT2D eigenvalue weighted by molar-refractivity contribution is -0.353. The monoisotopic (exact) mass is 545 g/mol. The summed E-state index contributed by atoms with van der Waals surface area (Å²) in [4.78, 5) is 11.7. The van der Waals surface area contributed by atoms with E-state index < -0.39 is 117 Å². The molecule has 15 N–H and O–H groups in total. The second kappa shape index (κ2) is 11.9. The van der Waals surface area contributed by atoms with Crippen LogP contribution in [0.5, 0.6) is 0 Å². The number of aliphatic hydroxyl groups is 8. The molecule has 18 nitrogen and oxygen atoms in total. The van der Waals surface area contributed by atoms with Gasteiger partial charge in [0, 0.05) is 0 Å². The van der Waals surface area contributed by atoms with Crippen LogP contribution in [0.25, 0.3) is 0 Å². The topological polar surface area (TPSA) is 323 Å². The van der Waals surface area contributed by atoms with Crippen molar-refractivity contribution in [3.8, 4) is 0 Å². The second-order valence-corrected chi connectivity index (χ2v) is 9.14. The van der Waals surface area contributed by atoms with E-state index in [0.717, 1.165) is 0 Å². The van der Waals surface area contributed by atoms with E-state index in [-0.39, 0.29) is 0 Å². The van der Waals surface area contributed by atoms with Gasteiger partial charge in [-0.05, 0) is 0 Å². The summed E-state index contributed by atoms with van der Waals surface area (Å²) in [7, 11) is 0. The van der Waals surface area contributed by atoms with Crippen LogP contribution in [0.15, 0.2) is 0 Å². The average Bonchev–Trinajstić information content (AvgIpc) is 2.87. The predicted molar refractivity (Wildman–Crippen MR) is 114 cm³/mol. The third-order valence-electron chi connectivity index (χ3n) is 6.84. The van der Waals surface area contributed by atoms with Crippen molar-refractivity contribution in [2.24, 2.45) is 17.2 Å². The van der Waals surface area contributed by atoms with Gasteiger partial charge in [0.05, 0.1) is 37.9 Å². The summed E-state index contributed by atoms with van der Waals surface area (Å²) in [6.45, 7) is -2.45. The van der Waals surface area contributed by atoms with E-state index in [4.69, 9.17) is 40.9 Å². The molecular formula is C19H35N3O15. The van der Waals surface area contributed by atoms with Crippen molar-refractivity contribution in [2.75, 3.05) is 19.8 Å². The summed E-state index contributed by atoms with van der Waals surface area (Å²) < 4.78 is 27.2. The highest BCUT2D eigenvalue weighted by Crippen LogP contribution is 2.34. The fourth-order valence-corrected chi connectivity index (χ4v) is 4.51. The fourth-order valence-electron chi connectivity index (χ4n) is 4.51. The first kappa shape index (κ1) is 30.4. The third-order valence-corrected chi connectivity index (χ3v) is 6.84. The van der Waals surface area contributed by atoms with E-state index in [1.807, 2.05) is 0 Å². The zero-order valence-electron chi connectivity index (χ0n) is 19.4. The summed E-state index contributed by atoms with van der Waals surface area (Å²) in [6, 6.07) is -4.72. The van der Waals surface area contributed by atoms with E-state index in [1.165, 1.54) is 0 Å². The van der Waals surface area contributed by atoms with Crippen LogP contribution in [0.1, 0.15) is 0 Å². The van der Waals surface area contributed by atoms with E-state index in [9.17, 15) is 50.8 Å². The first-order valence-electron chi connectivity index (χ1n) is 11.4. The summed E-state index contributed by atoms with van der Waals surface area (Å²) in [5.41, 5.74) is 14.5. The van der Waals surface area contributed by atoms with Crippen LogP contribution in [0.2, 0.25) is 0 Å². The molecule has 0 radical (unpaired) electrons. The van der Waals surface area contributed by atoms with E-state index >= 15 is 0 Å². The Kier molecular flexibility index (Phi) is 9.78. The third kappa shape index (κ3) is 5.47. The van der Waals surface area contributed by atoms with Crippen molar-refractivity contribution >= 4 is 5.97 Å². The quantitative estimate of drug-likeness (QED) is 0.135. The highest BCUT2D eigenvalue weighted by Gasteiger charge is 2.61. The van der Waals surface area contributed by atoms with E-state index in [1.54, 1.807) is 0 Å². The molecule has 0 aromatic carbocycles. The molecule has 3 heterocycles. The van der Waals surface area contributed by atoms with Gasteiger partial charge in [-0.1, -0.05) is 0 Å². The van der Waals surface area contributed by atoms with Crippen molar-refractivity contribution < 1.29 is 74.4 Å². The summed E-state index contributed by atoms with van der Waals surface area (Å²) >= 11 is 0. The number of aliphatic carboxylic acids is 1. The lowest BCUT2D eigenvalue weighted by Crippen LogP contribution is -2.75. The van der Waals surface area contributed by atoms with Crippen LogP contribution in [-0.4, -0.2) is 163 Å². The predicted octanol–water partition coefficient (Wildman–Crippen LogP) is -8.22. The van der Waals surface area contributed by atoms with Gasteiger partial charge >= 0.3 is 5.97 Å². The number of aliphatic hydroxyl groups excluding tert-OH is 7. The van der Waals surface area contributed by atoms with Crippen LogP contribution >= 0.6 is 0 Å². The smallest absolute Gasteiger partial charge is 0.340 e. The molecular weight excluding hydrogens is 510 g/mol. The molecule has 0 amide bonds. The average molecular weight is 545 g/mol. The highest BCUT2D eigenvalue weighted by atomic mass is 16.7. The summed E-state index contributed by atoms with van der Waals surface area (Å²) in [5.74, 6) is -1.93. The van der Waals surface area contributed by atoms with Gasteiger partial charge < -0.3 is 86.8 Å². The first-order chi connectivity index (χ1) is 17.3. The van der Waals surface area contributed by atoms with Crippen LogP contribution in [0.3, 0.4) is 0 Å². The van der Waals surface area contributed by atoms with Gasteiger partial charge in [-0.2, -0.15) is 0 Å². The number of carbonyl (C=O) groups is 1. The number of hydrogen-bond donors (Lipinski definition) is 12. The summed E-state index contributed by atoms with van der Waals surface area (Å²) in [6.07, 6.45) is -17.7. The minimum Gasteiger partial charge on any atom is -0.479 e. The molecule has 0 spiro atoms. The van der Waals surface area contributed by atoms with Crippen molar-refractivity contribution in [3.05, 3.63) is 0 Å². The maximum Gasteiger partial charge on any atom is 0.340 e. The molecule has 0 saturated carbocycles. The van der Waals surface area contributed by atoms with Gasteiger partial charge in [-0.3, -0.25) is 0 Å². The van der Waals surface area contributed by atoms with Crippen LogP contribution < -0.4 is 17.2 Å². The number of hydrogen-bond acceptors (Lipinski definition) is 17. The minimum atomic E-state index is -3.01. The van der Waals surface area contributed by atoms with Gasteiger partial charge in [-0.25, -0.2) is 4.79 Å². The minimum absolute atomic E-state index is 0.702. The highest BCUT2D eigenvalue weighted by molar-refractivity contribution is 5.79. The fraction of sp³-hybridized carbons (Fsp3) is 0.947. The maximum absolute atomic E-state index is 11.7. The Morgan fingerprint density at radius 1 is 0.757 bits per heavy atom. The number of nitrogens with two attached hydrogens (primary N) is 3. The normalized spacial score (nSPS) is 51.1. The molecule has 216 valence electrons. The van der Waals surface area contributed by atoms with Crippen molar-refractivity contribution in [1.82, 2.24) is 0 Å². The Bertz CT molecular complexity index is 779. The molecule has 0 aromatic heterocycles. The Balaban J connectivity index is 1.78. The second-order valence-electron chi connectivity index (χ2n) is 9.14. The van der Waals surface area contributed by atoms with Crippen molar-refractivity contribution in [3.63, 3.8) is 0 Å². The Morgan fingerprint density at radius 2 is 1.22 bits per heavy atom.